The average molecular weight is 245 g/mol. The molecule has 0 bridgehead atoms. The van der Waals surface area contributed by atoms with Gasteiger partial charge in [0.05, 0.1) is 0 Å². The first-order valence-electron chi connectivity index (χ1n) is 5.05. The van der Waals surface area contributed by atoms with Gasteiger partial charge in [-0.15, -0.1) is 0 Å². The van der Waals surface area contributed by atoms with Crippen molar-refractivity contribution in [3.05, 3.63) is 49.5 Å². The number of hydrogen-bond donors (Lipinski definition) is 4. The fourth-order valence-electron chi connectivity index (χ4n) is 1.63. The number of aromatic amines is 4. The second-order valence-corrected chi connectivity index (χ2v) is 3.66. The Morgan fingerprint density at radius 1 is 1.00 bits per heavy atom. The van der Waals surface area contributed by atoms with Crippen molar-refractivity contribution in [1.29, 1.82) is 0 Å². The molecule has 0 spiro atoms. The number of fused-ring (bicyclic) bond motifs is 1. The van der Waals surface area contributed by atoms with Crippen LogP contribution in [-0.2, 0) is 0 Å². The van der Waals surface area contributed by atoms with Crippen LogP contribution in [-0.4, -0.2) is 24.9 Å². The van der Waals surface area contributed by atoms with Gasteiger partial charge in [-0.25, -0.2) is 9.78 Å². The molecule has 0 aliphatic heterocycles. The largest absolute Gasteiger partial charge is 0.332 e. The van der Waals surface area contributed by atoms with Gasteiger partial charge in [0.2, 0.25) is 5.56 Å². The SMILES string of the molecule is O=c1ccc(-c2nc3[nH]c(=O)[nH]c(=O)c3[nH]2)c[nH]1. The van der Waals surface area contributed by atoms with Crippen LogP contribution in [0.15, 0.2) is 32.7 Å². The lowest BCUT2D eigenvalue weighted by Gasteiger charge is -1.92. The molecule has 0 aliphatic carbocycles. The predicted octanol–water partition coefficient (Wildman–Crippen LogP) is -0.705. The minimum absolute atomic E-state index is 0.171. The van der Waals surface area contributed by atoms with E-state index in [-0.39, 0.29) is 16.7 Å². The zero-order valence-electron chi connectivity index (χ0n) is 8.90. The van der Waals surface area contributed by atoms with E-state index in [4.69, 9.17) is 0 Å². The van der Waals surface area contributed by atoms with Crippen LogP contribution in [0.3, 0.4) is 0 Å². The van der Waals surface area contributed by atoms with Crippen molar-refractivity contribution in [3.63, 3.8) is 0 Å². The number of pyridine rings is 1. The third-order valence-electron chi connectivity index (χ3n) is 2.45. The van der Waals surface area contributed by atoms with Crippen molar-refractivity contribution < 1.29 is 0 Å². The van der Waals surface area contributed by atoms with Crippen LogP contribution in [0.2, 0.25) is 0 Å². The summed E-state index contributed by atoms with van der Waals surface area (Å²) in [6, 6.07) is 2.90. The minimum Gasteiger partial charge on any atom is -0.332 e. The Balaban J connectivity index is 2.28. The van der Waals surface area contributed by atoms with E-state index in [0.717, 1.165) is 0 Å². The molecule has 3 rings (SSSR count). The summed E-state index contributed by atoms with van der Waals surface area (Å²) in [5.74, 6) is 0.383. The van der Waals surface area contributed by atoms with Gasteiger partial charge in [-0.2, -0.15) is 0 Å². The Morgan fingerprint density at radius 3 is 2.56 bits per heavy atom. The number of nitrogens with one attached hydrogen (secondary N) is 4. The molecule has 8 nitrogen and oxygen atoms in total. The van der Waals surface area contributed by atoms with Crippen molar-refractivity contribution in [2.24, 2.45) is 0 Å². The highest BCUT2D eigenvalue weighted by Crippen LogP contribution is 2.14. The Hall–Kier alpha value is -2.90. The smallest absolute Gasteiger partial charge is 0.327 e. The van der Waals surface area contributed by atoms with Crippen LogP contribution in [0.25, 0.3) is 22.6 Å². The molecule has 0 amide bonds. The first-order chi connectivity index (χ1) is 8.63. The van der Waals surface area contributed by atoms with E-state index >= 15 is 0 Å². The molecule has 3 aromatic heterocycles. The van der Waals surface area contributed by atoms with Gasteiger partial charge >= 0.3 is 5.69 Å². The van der Waals surface area contributed by atoms with Crippen molar-refractivity contribution in [2.75, 3.05) is 0 Å². The van der Waals surface area contributed by atoms with Crippen LogP contribution in [0, 0.1) is 0 Å². The van der Waals surface area contributed by atoms with E-state index in [0.29, 0.717) is 11.4 Å². The monoisotopic (exact) mass is 245 g/mol. The maximum absolute atomic E-state index is 11.5. The summed E-state index contributed by atoms with van der Waals surface area (Å²) in [4.78, 5) is 47.4. The molecule has 0 atom stereocenters. The van der Waals surface area contributed by atoms with Gasteiger partial charge < -0.3 is 9.97 Å². The lowest BCUT2D eigenvalue weighted by Crippen LogP contribution is -2.21. The fourth-order valence-corrected chi connectivity index (χ4v) is 1.63. The maximum Gasteiger partial charge on any atom is 0.327 e. The first-order valence-corrected chi connectivity index (χ1v) is 5.05. The van der Waals surface area contributed by atoms with E-state index in [1.807, 2.05) is 0 Å². The van der Waals surface area contributed by atoms with Gasteiger partial charge in [0.1, 0.15) is 11.3 Å². The van der Waals surface area contributed by atoms with Gasteiger partial charge in [0.15, 0.2) is 5.65 Å². The second-order valence-electron chi connectivity index (χ2n) is 3.66. The Bertz CT molecular complexity index is 878. The zero-order chi connectivity index (χ0) is 12.7. The number of rotatable bonds is 1. The molecule has 90 valence electrons. The Labute approximate surface area is 97.7 Å². The van der Waals surface area contributed by atoms with Crippen LogP contribution < -0.4 is 16.8 Å². The molecule has 4 N–H and O–H groups in total. The summed E-state index contributed by atoms with van der Waals surface area (Å²) in [6.07, 6.45) is 1.46. The van der Waals surface area contributed by atoms with E-state index < -0.39 is 11.2 Å². The van der Waals surface area contributed by atoms with Crippen molar-refractivity contribution in [2.45, 2.75) is 0 Å². The van der Waals surface area contributed by atoms with Gasteiger partial charge in [0, 0.05) is 17.8 Å². The van der Waals surface area contributed by atoms with Crippen LogP contribution in [0.4, 0.5) is 0 Å². The third-order valence-corrected chi connectivity index (χ3v) is 2.45. The lowest BCUT2D eigenvalue weighted by atomic mass is 10.3. The first kappa shape index (κ1) is 10.3. The summed E-state index contributed by atoms with van der Waals surface area (Å²) >= 11 is 0. The average Bonchev–Trinajstić information content (AvgIpc) is 2.74. The van der Waals surface area contributed by atoms with Crippen LogP contribution in [0.5, 0.6) is 0 Å². The topological polar surface area (TPSA) is 127 Å². The van der Waals surface area contributed by atoms with E-state index in [1.165, 1.54) is 12.3 Å². The van der Waals surface area contributed by atoms with Crippen molar-refractivity contribution in [3.8, 4) is 11.4 Å². The highest BCUT2D eigenvalue weighted by Gasteiger charge is 2.09. The van der Waals surface area contributed by atoms with Gasteiger partial charge in [-0.3, -0.25) is 19.6 Å². The Kier molecular flexibility index (Phi) is 2.03. The minimum atomic E-state index is -0.619. The molecule has 0 aromatic carbocycles. The second kappa shape index (κ2) is 3.55. The molecule has 0 radical (unpaired) electrons. The quantitative estimate of drug-likeness (QED) is 0.451. The molecule has 3 heterocycles. The molecule has 8 heteroatoms. The highest BCUT2D eigenvalue weighted by atomic mass is 16.2. The Morgan fingerprint density at radius 2 is 1.83 bits per heavy atom. The van der Waals surface area contributed by atoms with E-state index in [1.54, 1.807) is 6.07 Å². The van der Waals surface area contributed by atoms with Crippen molar-refractivity contribution >= 4 is 11.2 Å². The molecule has 3 aromatic rings. The third kappa shape index (κ3) is 1.56. The summed E-state index contributed by atoms with van der Waals surface area (Å²) in [6.45, 7) is 0. The van der Waals surface area contributed by atoms with Crippen molar-refractivity contribution in [1.82, 2.24) is 24.9 Å². The number of hydrogen-bond acceptors (Lipinski definition) is 4. The number of imidazole rings is 1. The molecule has 18 heavy (non-hydrogen) atoms. The summed E-state index contributed by atoms with van der Waals surface area (Å²) in [5.41, 5.74) is -0.447. The normalized spacial score (nSPS) is 10.9. The van der Waals surface area contributed by atoms with Gasteiger partial charge in [-0.05, 0) is 6.07 Å². The van der Waals surface area contributed by atoms with Crippen LogP contribution >= 0.6 is 0 Å². The highest BCUT2D eigenvalue weighted by molar-refractivity contribution is 5.74. The lowest BCUT2D eigenvalue weighted by molar-refractivity contribution is 1.07. The molecular weight excluding hydrogens is 238 g/mol. The number of H-pyrrole nitrogens is 4. The van der Waals surface area contributed by atoms with E-state index in [9.17, 15) is 14.4 Å². The summed E-state index contributed by atoms with van der Waals surface area (Å²) < 4.78 is 0. The molecular formula is C10H7N5O3. The predicted molar refractivity (Wildman–Crippen MR) is 63.4 cm³/mol. The molecule has 0 saturated carbocycles. The summed E-state index contributed by atoms with van der Waals surface area (Å²) in [5, 5.41) is 0. The molecule has 0 unspecified atom stereocenters. The number of nitrogens with zero attached hydrogens (tertiary/aromatic N) is 1. The standard InChI is InChI=1S/C10H7N5O3/c16-5-2-1-4(3-11-5)7-12-6-8(13-7)14-10(18)15-9(6)17/h1-3H,(H,11,16)(H3,12,13,14,15,17,18). The van der Waals surface area contributed by atoms with Gasteiger partial charge in [-0.1, -0.05) is 0 Å². The zero-order valence-corrected chi connectivity index (χ0v) is 8.90. The number of aromatic nitrogens is 5. The molecule has 0 aliphatic rings. The van der Waals surface area contributed by atoms with E-state index in [2.05, 4.69) is 24.9 Å². The summed E-state index contributed by atoms with van der Waals surface area (Å²) in [7, 11) is 0. The fraction of sp³-hybridized carbons (Fsp3) is 0. The van der Waals surface area contributed by atoms with Gasteiger partial charge in [0.25, 0.3) is 5.56 Å². The molecule has 0 saturated heterocycles. The molecule has 0 fully saturated rings. The van der Waals surface area contributed by atoms with Crippen LogP contribution in [0.1, 0.15) is 0 Å². The maximum atomic E-state index is 11.5.